The van der Waals surface area contributed by atoms with E-state index in [-0.39, 0.29) is 0 Å². The molecule has 6 heavy (non-hydrogen) atoms. The van der Waals surface area contributed by atoms with Crippen LogP contribution in [0.4, 0.5) is 0 Å². The highest BCUT2D eigenvalue weighted by Crippen LogP contribution is 1.96. The minimum Gasteiger partial charge on any atom is -0.324 e. The summed E-state index contributed by atoms with van der Waals surface area (Å²) in [5, 5.41) is 0. The first-order valence-corrected chi connectivity index (χ1v) is 2.35. The molecule has 1 nitrogen and oxygen atoms in total. The minimum absolute atomic E-state index is 1.04. The van der Waals surface area contributed by atoms with Crippen LogP contribution in [-0.2, 0) is 0 Å². The predicted octanol–water partition coefficient (Wildman–Crippen LogP) is 1.30. The maximum Gasteiger partial charge on any atom is 0.0305 e. The minimum atomic E-state index is 1.04. The van der Waals surface area contributed by atoms with E-state index < -0.39 is 0 Å². The molecule has 0 spiro atoms. The molecule has 0 aliphatic rings. The van der Waals surface area contributed by atoms with E-state index >= 15 is 0 Å². The Labute approximate surface area is 39.5 Å². The van der Waals surface area contributed by atoms with Crippen molar-refractivity contribution in [2.75, 3.05) is 0 Å². The molecule has 0 fully saturated rings. The van der Waals surface area contributed by atoms with Crippen molar-refractivity contribution in [1.82, 2.24) is 0 Å². The quantitative estimate of drug-likeness (QED) is 0.538. The second-order valence-electron chi connectivity index (χ2n) is 1.60. The van der Waals surface area contributed by atoms with Crippen molar-refractivity contribution in [3.05, 3.63) is 6.04 Å². The van der Waals surface area contributed by atoms with E-state index in [1.54, 1.807) is 0 Å². The average molecular weight is 86.2 g/mol. The molecule has 2 N–H and O–H groups in total. The predicted molar refractivity (Wildman–Crippen MR) is 28.0 cm³/mol. The van der Waals surface area contributed by atoms with E-state index in [2.05, 4.69) is 6.92 Å². The zero-order valence-electron chi connectivity index (χ0n) is 4.49. The van der Waals surface area contributed by atoms with Crippen LogP contribution in [0.2, 0.25) is 0 Å². The maximum absolute atomic E-state index is 5.32. The lowest BCUT2D eigenvalue weighted by atomic mass is 10.2. The summed E-state index contributed by atoms with van der Waals surface area (Å²) in [6, 6.07) is 1.04. The molecule has 0 amide bonds. The summed E-state index contributed by atoms with van der Waals surface area (Å²) in [6.45, 7) is 4.07. The summed E-state index contributed by atoms with van der Waals surface area (Å²) >= 11 is 0. The Balaban J connectivity index is 2.63. The first-order valence-electron chi connectivity index (χ1n) is 2.35. The van der Waals surface area contributed by atoms with E-state index in [4.69, 9.17) is 5.73 Å². The molecule has 0 unspecified atom stereocenters. The molecule has 37 valence electrons. The van der Waals surface area contributed by atoms with Crippen LogP contribution in [0.1, 0.15) is 26.7 Å². The summed E-state index contributed by atoms with van der Waals surface area (Å²) in [5.41, 5.74) is 5.32. The van der Waals surface area contributed by atoms with Gasteiger partial charge in [0.15, 0.2) is 0 Å². The summed E-state index contributed by atoms with van der Waals surface area (Å²) in [7, 11) is 0. The van der Waals surface area contributed by atoms with Crippen LogP contribution in [0, 0.1) is 6.04 Å². The third-order valence-corrected chi connectivity index (χ3v) is 0.644. The van der Waals surface area contributed by atoms with Gasteiger partial charge in [0.25, 0.3) is 0 Å². The Morgan fingerprint density at radius 1 is 1.67 bits per heavy atom. The smallest absolute Gasteiger partial charge is 0.0305 e. The van der Waals surface area contributed by atoms with Gasteiger partial charge in [-0.1, -0.05) is 13.3 Å². The normalized spacial score (nSPS) is 10.0. The lowest BCUT2D eigenvalue weighted by molar-refractivity contribution is 0.787. The Hall–Kier alpha value is -0.0400. The van der Waals surface area contributed by atoms with E-state index in [0.29, 0.717) is 0 Å². The second-order valence-corrected chi connectivity index (χ2v) is 1.60. The molecule has 0 bridgehead atoms. The van der Waals surface area contributed by atoms with Crippen molar-refractivity contribution in [3.8, 4) is 0 Å². The molecule has 1 radical (unpaired) electrons. The van der Waals surface area contributed by atoms with Crippen molar-refractivity contribution < 1.29 is 0 Å². The first-order chi connectivity index (χ1) is 2.77. The van der Waals surface area contributed by atoms with Gasteiger partial charge < -0.3 is 5.73 Å². The Kier molecular flexibility index (Phi) is 3.14. The molecule has 0 saturated heterocycles. The molecular formula is C5H12N. The van der Waals surface area contributed by atoms with Crippen LogP contribution < -0.4 is 5.73 Å². The van der Waals surface area contributed by atoms with Gasteiger partial charge >= 0.3 is 0 Å². The molecule has 0 aliphatic heterocycles. The van der Waals surface area contributed by atoms with Gasteiger partial charge in [0, 0.05) is 6.04 Å². The Morgan fingerprint density at radius 3 is 2.17 bits per heavy atom. The molecule has 0 rings (SSSR count). The van der Waals surface area contributed by atoms with E-state index in [9.17, 15) is 0 Å². The highest BCUT2D eigenvalue weighted by atomic mass is 14.6. The van der Waals surface area contributed by atoms with Crippen molar-refractivity contribution in [2.45, 2.75) is 26.7 Å². The van der Waals surface area contributed by atoms with Gasteiger partial charge in [0.2, 0.25) is 0 Å². The Morgan fingerprint density at radius 2 is 2.17 bits per heavy atom. The zero-order chi connectivity index (χ0) is 4.99. The van der Waals surface area contributed by atoms with Gasteiger partial charge in [0.1, 0.15) is 0 Å². The third-order valence-electron chi connectivity index (χ3n) is 0.644. The third kappa shape index (κ3) is 3.96. The monoisotopic (exact) mass is 86.1 g/mol. The molecular weight excluding hydrogens is 74.1 g/mol. The molecule has 0 saturated carbocycles. The number of rotatable bonds is 2. The van der Waals surface area contributed by atoms with Gasteiger partial charge in [-0.05, 0) is 13.3 Å². The number of nitrogens with two attached hydrogens (primary N) is 1. The van der Waals surface area contributed by atoms with Gasteiger partial charge in [-0.25, -0.2) is 0 Å². The molecule has 0 aromatic rings. The van der Waals surface area contributed by atoms with Gasteiger partial charge in [0.05, 0.1) is 0 Å². The fourth-order valence-electron chi connectivity index (χ4n) is 0.394. The van der Waals surface area contributed by atoms with Crippen molar-refractivity contribution in [1.29, 1.82) is 0 Å². The first kappa shape index (κ1) is 5.96. The summed E-state index contributed by atoms with van der Waals surface area (Å²) in [5.74, 6) is 0. The van der Waals surface area contributed by atoms with Gasteiger partial charge in [-0.3, -0.25) is 0 Å². The summed E-state index contributed by atoms with van der Waals surface area (Å²) in [6.07, 6.45) is 2.24. The van der Waals surface area contributed by atoms with E-state index in [0.717, 1.165) is 12.5 Å². The van der Waals surface area contributed by atoms with Crippen LogP contribution in [0.3, 0.4) is 0 Å². The van der Waals surface area contributed by atoms with Crippen molar-refractivity contribution in [2.24, 2.45) is 5.73 Å². The lowest BCUT2D eigenvalue weighted by Crippen LogP contribution is -2.02. The van der Waals surface area contributed by atoms with Gasteiger partial charge in [-0.2, -0.15) is 0 Å². The van der Waals surface area contributed by atoms with Crippen LogP contribution in [0.15, 0.2) is 0 Å². The number of hydrogen-bond acceptors (Lipinski definition) is 1. The largest absolute Gasteiger partial charge is 0.324 e. The van der Waals surface area contributed by atoms with Crippen LogP contribution in [-0.4, -0.2) is 0 Å². The zero-order valence-corrected chi connectivity index (χ0v) is 4.49. The van der Waals surface area contributed by atoms with Crippen molar-refractivity contribution in [3.63, 3.8) is 0 Å². The average Bonchev–Trinajstić information content (AvgIpc) is 1.35. The lowest BCUT2D eigenvalue weighted by Gasteiger charge is -1.95. The topological polar surface area (TPSA) is 26.0 Å². The van der Waals surface area contributed by atoms with Crippen LogP contribution in [0.5, 0.6) is 0 Å². The second kappa shape index (κ2) is 3.16. The van der Waals surface area contributed by atoms with E-state index in [1.807, 2.05) is 6.92 Å². The molecule has 1 heteroatoms. The Bertz CT molecular complexity index is 25.1. The van der Waals surface area contributed by atoms with Crippen molar-refractivity contribution >= 4 is 0 Å². The summed E-state index contributed by atoms with van der Waals surface area (Å²) < 4.78 is 0. The van der Waals surface area contributed by atoms with Crippen LogP contribution >= 0.6 is 0 Å². The molecule has 0 atom stereocenters. The fourth-order valence-corrected chi connectivity index (χ4v) is 0.394. The maximum atomic E-state index is 5.32. The summed E-state index contributed by atoms with van der Waals surface area (Å²) in [4.78, 5) is 0. The fraction of sp³-hybridized carbons (Fsp3) is 0.800. The highest BCUT2D eigenvalue weighted by Gasteiger charge is 1.86. The number of hydrogen-bond donors (Lipinski definition) is 1. The highest BCUT2D eigenvalue weighted by molar-refractivity contribution is 4.71. The molecule has 0 aromatic heterocycles. The van der Waals surface area contributed by atoms with Gasteiger partial charge in [-0.15, -0.1) is 0 Å². The molecule has 0 heterocycles. The molecule has 0 aliphatic carbocycles. The SMILES string of the molecule is CCC[C](C)N. The standard InChI is InChI=1S/C5H12N/c1-3-4-5(2)6/h3-4,6H2,1-2H3. The molecule has 0 aromatic carbocycles. The van der Waals surface area contributed by atoms with Crippen LogP contribution in [0.25, 0.3) is 0 Å². The van der Waals surface area contributed by atoms with E-state index in [1.165, 1.54) is 6.42 Å².